The molecular formula is C73H46IrN3. The summed E-state index contributed by atoms with van der Waals surface area (Å²) < 4.78 is 0. The topological polar surface area (TPSA) is 38.7 Å². The van der Waals surface area contributed by atoms with Crippen molar-refractivity contribution in [3.05, 3.63) is 298 Å². The van der Waals surface area contributed by atoms with E-state index in [-0.39, 0.29) is 20.1 Å². The van der Waals surface area contributed by atoms with Crippen molar-refractivity contribution in [2.75, 3.05) is 0 Å². The summed E-state index contributed by atoms with van der Waals surface area (Å²) in [7, 11) is 0. The van der Waals surface area contributed by atoms with Crippen molar-refractivity contribution in [3.8, 4) is 123 Å². The van der Waals surface area contributed by atoms with E-state index in [1.165, 1.54) is 11.1 Å². The van der Waals surface area contributed by atoms with Crippen molar-refractivity contribution < 1.29 is 20.1 Å². The number of nitrogens with zero attached hydrogens (tertiary/aromatic N) is 3. The van der Waals surface area contributed by atoms with E-state index < -0.39 is 0 Å². The maximum atomic E-state index is 5.31. The van der Waals surface area contributed by atoms with Gasteiger partial charge in [-0.2, -0.15) is 0 Å². The Hall–Kier alpha value is -9.44. The summed E-state index contributed by atoms with van der Waals surface area (Å²) in [6, 6.07) is 102. The molecule has 13 rings (SSSR count). The molecule has 0 aliphatic heterocycles. The molecule has 10 aromatic carbocycles. The fourth-order valence-electron chi connectivity index (χ4n) is 10.5. The van der Waals surface area contributed by atoms with Crippen molar-refractivity contribution in [2.45, 2.75) is 0 Å². The Labute approximate surface area is 463 Å². The quantitative estimate of drug-likeness (QED) is 0.121. The summed E-state index contributed by atoms with van der Waals surface area (Å²) in [6.07, 6.45) is 6.01. The molecule has 0 bridgehead atoms. The van der Waals surface area contributed by atoms with Crippen LogP contribution in [0.15, 0.2) is 279 Å². The van der Waals surface area contributed by atoms with E-state index in [4.69, 9.17) is 15.0 Å². The molecule has 4 heteroatoms. The third-order valence-corrected chi connectivity index (χ3v) is 14.2. The SMILES string of the molecule is [Ir+3].[c-]1ccccc1-c1ccc(-c2ccccc2-c2cc(-c3ccccc3-c3ccc(-c4[c-]cccc4)nc3)cc(-c3ccccc3-c3cnc(-c4[c-]ccc(-c5cccc(-c6ccccc6)c5)c4)c4ccccc34)c2)cn1. The summed E-state index contributed by atoms with van der Waals surface area (Å²) in [5.41, 5.74) is 23.1. The van der Waals surface area contributed by atoms with Crippen LogP contribution in [0.1, 0.15) is 0 Å². The smallest absolute Gasteiger partial charge is 0.304 e. The Kier molecular flexibility index (Phi) is 13.7. The zero-order valence-electron chi connectivity index (χ0n) is 41.7. The second kappa shape index (κ2) is 21.8. The van der Waals surface area contributed by atoms with Crippen molar-refractivity contribution in [2.24, 2.45) is 0 Å². The number of hydrogen-bond donors (Lipinski definition) is 0. The number of pyridine rings is 3. The summed E-state index contributed by atoms with van der Waals surface area (Å²) >= 11 is 0. The van der Waals surface area contributed by atoms with Crippen molar-refractivity contribution >= 4 is 10.8 Å². The maximum Gasteiger partial charge on any atom is 3.00 e. The maximum absolute atomic E-state index is 5.31. The number of hydrogen-bond acceptors (Lipinski definition) is 3. The van der Waals surface area contributed by atoms with Crippen LogP contribution in [0, 0.1) is 18.2 Å². The van der Waals surface area contributed by atoms with Gasteiger partial charge in [0, 0.05) is 24.2 Å². The first-order valence-electron chi connectivity index (χ1n) is 25.5. The van der Waals surface area contributed by atoms with Gasteiger partial charge in [-0.3, -0.25) is 0 Å². The van der Waals surface area contributed by atoms with Gasteiger partial charge >= 0.3 is 20.1 Å². The molecule has 0 spiro atoms. The van der Waals surface area contributed by atoms with Crippen molar-refractivity contribution in [3.63, 3.8) is 0 Å². The van der Waals surface area contributed by atoms with Gasteiger partial charge in [0.05, 0.1) is 0 Å². The first-order valence-corrected chi connectivity index (χ1v) is 25.5. The Bertz CT molecular complexity index is 4050. The van der Waals surface area contributed by atoms with E-state index in [0.717, 1.165) is 122 Å². The van der Waals surface area contributed by atoms with Crippen molar-refractivity contribution in [1.82, 2.24) is 15.0 Å². The summed E-state index contributed by atoms with van der Waals surface area (Å²) in [5.74, 6) is 0. The second-order valence-corrected chi connectivity index (χ2v) is 18.9. The van der Waals surface area contributed by atoms with Crippen LogP contribution < -0.4 is 0 Å². The second-order valence-electron chi connectivity index (χ2n) is 18.9. The molecule has 13 aromatic rings. The summed E-state index contributed by atoms with van der Waals surface area (Å²) in [4.78, 5) is 15.2. The van der Waals surface area contributed by atoms with Gasteiger partial charge in [0.2, 0.25) is 0 Å². The Morgan fingerprint density at radius 2 is 0.662 bits per heavy atom. The molecule has 0 unspecified atom stereocenters. The molecule has 0 radical (unpaired) electrons. The van der Waals surface area contributed by atoms with Gasteiger partial charge in [-0.1, -0.05) is 170 Å². The molecule has 0 saturated heterocycles. The van der Waals surface area contributed by atoms with E-state index in [1.807, 2.05) is 67.0 Å². The normalized spacial score (nSPS) is 11.0. The first kappa shape index (κ1) is 48.5. The zero-order valence-corrected chi connectivity index (χ0v) is 44.1. The summed E-state index contributed by atoms with van der Waals surface area (Å²) in [6.45, 7) is 0. The molecule has 77 heavy (non-hydrogen) atoms. The van der Waals surface area contributed by atoms with E-state index in [0.29, 0.717) is 0 Å². The molecular weight excluding hydrogens is 1110 g/mol. The average molecular weight is 1160 g/mol. The van der Waals surface area contributed by atoms with E-state index in [9.17, 15) is 0 Å². The van der Waals surface area contributed by atoms with Gasteiger partial charge in [-0.25, -0.2) is 0 Å². The molecule has 3 heterocycles. The van der Waals surface area contributed by atoms with E-state index >= 15 is 0 Å². The molecule has 0 atom stereocenters. The average Bonchev–Trinajstić information content (AvgIpc) is 3.53. The van der Waals surface area contributed by atoms with Crippen LogP contribution in [0.5, 0.6) is 0 Å². The third kappa shape index (κ3) is 9.88. The minimum Gasteiger partial charge on any atom is -0.304 e. The zero-order chi connectivity index (χ0) is 50.6. The number of aromatic nitrogens is 3. The molecule has 362 valence electrons. The third-order valence-electron chi connectivity index (χ3n) is 14.2. The van der Waals surface area contributed by atoms with Crippen molar-refractivity contribution in [1.29, 1.82) is 0 Å². The van der Waals surface area contributed by atoms with Crippen LogP contribution in [0.2, 0.25) is 0 Å². The predicted octanol–water partition coefficient (Wildman–Crippen LogP) is 18.8. The monoisotopic (exact) mass is 1160 g/mol. The molecule has 3 nitrogen and oxygen atoms in total. The van der Waals surface area contributed by atoms with Crippen LogP contribution in [0.4, 0.5) is 0 Å². The van der Waals surface area contributed by atoms with Gasteiger partial charge in [0.1, 0.15) is 0 Å². The number of rotatable bonds is 11. The summed E-state index contributed by atoms with van der Waals surface area (Å²) in [5, 5.41) is 2.18. The van der Waals surface area contributed by atoms with Gasteiger partial charge in [-0.15, -0.1) is 107 Å². The largest absolute Gasteiger partial charge is 3.00 e. The Morgan fingerprint density at radius 1 is 0.234 bits per heavy atom. The molecule has 0 aliphatic rings. The molecule has 0 saturated carbocycles. The van der Waals surface area contributed by atoms with E-state index in [2.05, 4.69) is 231 Å². The fraction of sp³-hybridized carbons (Fsp3) is 0. The van der Waals surface area contributed by atoms with Crippen LogP contribution >= 0.6 is 0 Å². The van der Waals surface area contributed by atoms with Gasteiger partial charge in [0.25, 0.3) is 0 Å². The molecule has 0 amide bonds. The minimum atomic E-state index is 0. The molecule has 0 fully saturated rings. The fourth-order valence-corrected chi connectivity index (χ4v) is 10.5. The molecule has 0 N–H and O–H groups in total. The van der Waals surface area contributed by atoms with Crippen LogP contribution in [-0.4, -0.2) is 15.0 Å². The van der Waals surface area contributed by atoms with Gasteiger partial charge < -0.3 is 15.0 Å². The predicted molar refractivity (Wildman–Crippen MR) is 314 cm³/mol. The number of benzene rings is 10. The minimum absolute atomic E-state index is 0. The standard InChI is InChI=1S/C73H46N3.Ir/c1-4-20-50(21-5-1)53-26-18-27-54(42-53)55-28-19-29-56(43-55)73-69-37-17-16-36-68(69)70(49-76-73)67-35-15-14-34-66(67)61-45-59(64-32-12-10-30-62(64)57-38-40-71(74-47-57)51-22-6-2-7-23-51)44-60(46-61)65-33-13-11-31-63(65)58-39-41-72(75-48-58)52-24-8-3-9-25-52;/h1-22,24,26-28,30-49H;/q-3;+3. The van der Waals surface area contributed by atoms with Crippen LogP contribution in [0.3, 0.4) is 0 Å². The van der Waals surface area contributed by atoms with E-state index in [1.54, 1.807) is 0 Å². The van der Waals surface area contributed by atoms with Gasteiger partial charge in [0.15, 0.2) is 0 Å². The van der Waals surface area contributed by atoms with Crippen LogP contribution in [0.25, 0.3) is 134 Å². The molecule has 3 aromatic heterocycles. The van der Waals surface area contributed by atoms with Gasteiger partial charge in [-0.05, 0) is 130 Å². The Balaban J connectivity index is 0.00000596. The molecule has 0 aliphatic carbocycles. The number of fused-ring (bicyclic) bond motifs is 1. The first-order chi connectivity index (χ1) is 37.7. The van der Waals surface area contributed by atoms with Crippen LogP contribution in [-0.2, 0) is 20.1 Å². The Morgan fingerprint density at radius 3 is 1.19 bits per heavy atom.